The molecule has 0 heterocycles. The number of nitrogens with zero attached hydrogens (tertiary/aromatic N) is 1. The van der Waals surface area contributed by atoms with Gasteiger partial charge in [0.1, 0.15) is 0 Å². The second-order valence-corrected chi connectivity index (χ2v) is 5.19. The molecule has 0 aromatic heterocycles. The highest BCUT2D eigenvalue weighted by Crippen LogP contribution is 2.18. The van der Waals surface area contributed by atoms with E-state index < -0.39 is 10.8 Å². The van der Waals surface area contributed by atoms with Crippen LogP contribution >= 0.6 is 0 Å². The Hall–Kier alpha value is -1.96. The lowest BCUT2D eigenvalue weighted by Crippen LogP contribution is -1.95. The van der Waals surface area contributed by atoms with E-state index in [4.69, 9.17) is 10.4 Å². The molecule has 0 bridgehead atoms. The highest BCUT2D eigenvalue weighted by molar-refractivity contribution is 7.85. The van der Waals surface area contributed by atoms with Gasteiger partial charge in [0.25, 0.3) is 0 Å². The summed E-state index contributed by atoms with van der Waals surface area (Å²) in [4.78, 5) is 1.21. The number of aliphatic hydroxyl groups excluding tert-OH is 1. The first-order valence-corrected chi connectivity index (χ1v) is 6.51. The molecule has 1 N–H and O–H groups in total. The Bertz CT molecular complexity index is 632. The molecule has 2 rings (SSSR count). The predicted molar refractivity (Wildman–Crippen MR) is 68.2 cm³/mol. The smallest absolute Gasteiger partial charge is 0.0992 e. The zero-order chi connectivity index (χ0) is 13.0. The molecular formula is C14H11NO2S. The minimum atomic E-state index is -1.33. The van der Waals surface area contributed by atoms with Crippen LogP contribution in [0, 0.1) is 11.3 Å². The molecule has 0 saturated heterocycles. The van der Waals surface area contributed by atoms with E-state index in [1.165, 1.54) is 0 Å². The molecule has 1 unspecified atom stereocenters. The largest absolute Gasteiger partial charge is 0.392 e. The molecule has 0 radical (unpaired) electrons. The summed E-state index contributed by atoms with van der Waals surface area (Å²) in [6.45, 7) is -0.0801. The first kappa shape index (κ1) is 12.5. The van der Waals surface area contributed by atoms with E-state index >= 15 is 0 Å². The first-order chi connectivity index (χ1) is 8.74. The van der Waals surface area contributed by atoms with Gasteiger partial charge in [-0.2, -0.15) is 5.26 Å². The van der Waals surface area contributed by atoms with Gasteiger partial charge in [-0.25, -0.2) is 4.21 Å². The lowest BCUT2D eigenvalue weighted by atomic mass is 10.2. The minimum absolute atomic E-state index is 0.0801. The molecule has 1 atom stereocenters. The Morgan fingerprint density at radius 2 is 1.78 bits per heavy atom. The first-order valence-electron chi connectivity index (χ1n) is 5.36. The summed E-state index contributed by atoms with van der Waals surface area (Å²) in [5, 5.41) is 17.9. The van der Waals surface area contributed by atoms with E-state index in [-0.39, 0.29) is 6.61 Å². The van der Waals surface area contributed by atoms with Crippen molar-refractivity contribution in [3.05, 3.63) is 59.7 Å². The van der Waals surface area contributed by atoms with Crippen molar-refractivity contribution in [3.8, 4) is 6.07 Å². The van der Waals surface area contributed by atoms with Gasteiger partial charge in [0.15, 0.2) is 0 Å². The Balaban J connectivity index is 2.38. The fourth-order valence-electron chi connectivity index (χ4n) is 1.58. The third kappa shape index (κ3) is 2.65. The normalized spacial score (nSPS) is 11.8. The molecule has 0 fully saturated rings. The van der Waals surface area contributed by atoms with Crippen molar-refractivity contribution >= 4 is 10.8 Å². The van der Waals surface area contributed by atoms with E-state index in [9.17, 15) is 4.21 Å². The van der Waals surface area contributed by atoms with Gasteiger partial charge in [-0.1, -0.05) is 18.2 Å². The fourth-order valence-corrected chi connectivity index (χ4v) is 2.75. The third-order valence-electron chi connectivity index (χ3n) is 2.47. The van der Waals surface area contributed by atoms with Crippen molar-refractivity contribution in [2.75, 3.05) is 0 Å². The molecule has 18 heavy (non-hydrogen) atoms. The second kappa shape index (κ2) is 5.58. The summed E-state index contributed by atoms with van der Waals surface area (Å²) in [5.41, 5.74) is 1.21. The molecule has 0 spiro atoms. The number of aliphatic hydroxyl groups is 1. The van der Waals surface area contributed by atoms with Gasteiger partial charge in [-0.3, -0.25) is 0 Å². The van der Waals surface area contributed by atoms with Gasteiger partial charge >= 0.3 is 0 Å². The van der Waals surface area contributed by atoms with Crippen LogP contribution in [0.15, 0.2) is 58.3 Å². The Kier molecular flexibility index (Phi) is 3.88. The zero-order valence-corrected chi connectivity index (χ0v) is 10.4. The van der Waals surface area contributed by atoms with E-state index in [2.05, 4.69) is 0 Å². The van der Waals surface area contributed by atoms with Crippen LogP contribution < -0.4 is 0 Å². The van der Waals surface area contributed by atoms with Gasteiger partial charge in [-0.05, 0) is 35.9 Å². The van der Waals surface area contributed by atoms with Crippen molar-refractivity contribution in [1.82, 2.24) is 0 Å². The third-order valence-corrected chi connectivity index (χ3v) is 3.84. The van der Waals surface area contributed by atoms with Gasteiger partial charge in [0.05, 0.1) is 29.0 Å². The van der Waals surface area contributed by atoms with E-state index in [0.29, 0.717) is 15.4 Å². The second-order valence-electron chi connectivity index (χ2n) is 3.71. The minimum Gasteiger partial charge on any atom is -0.392 e. The maximum atomic E-state index is 12.3. The summed E-state index contributed by atoms with van der Waals surface area (Å²) in [5.74, 6) is 0. The standard InChI is InChI=1S/C14H11NO2S/c15-9-11-3-1-5-13(7-11)18(17)14-6-2-4-12(8-14)10-16/h1-8,16H,10H2. The Morgan fingerprint density at radius 1 is 1.11 bits per heavy atom. The number of nitriles is 1. The molecule has 4 heteroatoms. The maximum Gasteiger partial charge on any atom is 0.0992 e. The Morgan fingerprint density at radius 3 is 2.44 bits per heavy atom. The highest BCUT2D eigenvalue weighted by Gasteiger charge is 2.08. The predicted octanol–water partition coefficient (Wildman–Crippen LogP) is 2.22. The molecule has 0 amide bonds. The van der Waals surface area contributed by atoms with Gasteiger partial charge in [-0.15, -0.1) is 0 Å². The van der Waals surface area contributed by atoms with Crippen LogP contribution in [0.4, 0.5) is 0 Å². The zero-order valence-electron chi connectivity index (χ0n) is 9.54. The number of hydrogen-bond donors (Lipinski definition) is 1. The maximum absolute atomic E-state index is 12.3. The molecule has 0 aliphatic rings. The fraction of sp³-hybridized carbons (Fsp3) is 0.0714. The van der Waals surface area contributed by atoms with Crippen LogP contribution in [0.1, 0.15) is 11.1 Å². The van der Waals surface area contributed by atoms with Crippen molar-refractivity contribution < 1.29 is 9.32 Å². The summed E-state index contributed by atoms with van der Waals surface area (Å²) in [7, 11) is -1.33. The topological polar surface area (TPSA) is 61.1 Å². The molecule has 0 saturated carbocycles. The van der Waals surface area contributed by atoms with Gasteiger partial charge in [0, 0.05) is 9.79 Å². The monoisotopic (exact) mass is 257 g/mol. The average Bonchev–Trinajstić information content (AvgIpc) is 2.46. The molecule has 0 aliphatic heterocycles. The van der Waals surface area contributed by atoms with E-state index in [1.54, 1.807) is 48.5 Å². The van der Waals surface area contributed by atoms with E-state index in [1.807, 2.05) is 6.07 Å². The number of hydrogen-bond acceptors (Lipinski definition) is 3. The van der Waals surface area contributed by atoms with Crippen LogP contribution in [0.2, 0.25) is 0 Å². The number of benzene rings is 2. The van der Waals surface area contributed by atoms with Gasteiger partial charge in [0.2, 0.25) is 0 Å². The molecule has 2 aromatic carbocycles. The molecule has 0 aliphatic carbocycles. The molecule has 3 nitrogen and oxygen atoms in total. The van der Waals surface area contributed by atoms with E-state index in [0.717, 1.165) is 5.56 Å². The molecule has 2 aromatic rings. The average molecular weight is 257 g/mol. The van der Waals surface area contributed by atoms with Crippen LogP contribution in [-0.4, -0.2) is 9.32 Å². The van der Waals surface area contributed by atoms with Crippen LogP contribution in [-0.2, 0) is 17.4 Å². The quantitative estimate of drug-likeness (QED) is 0.917. The lowest BCUT2D eigenvalue weighted by Gasteiger charge is -2.04. The summed E-state index contributed by atoms with van der Waals surface area (Å²) in [6.07, 6.45) is 0. The highest BCUT2D eigenvalue weighted by atomic mass is 32.2. The van der Waals surface area contributed by atoms with Crippen LogP contribution in [0.5, 0.6) is 0 Å². The van der Waals surface area contributed by atoms with Crippen molar-refractivity contribution in [2.24, 2.45) is 0 Å². The van der Waals surface area contributed by atoms with Gasteiger partial charge < -0.3 is 5.11 Å². The summed E-state index contributed by atoms with van der Waals surface area (Å²) in [6, 6.07) is 15.7. The Labute approximate surface area is 108 Å². The van der Waals surface area contributed by atoms with Crippen LogP contribution in [0.25, 0.3) is 0 Å². The lowest BCUT2D eigenvalue weighted by molar-refractivity contribution is 0.281. The number of rotatable bonds is 3. The summed E-state index contributed by atoms with van der Waals surface area (Å²) < 4.78 is 12.3. The summed E-state index contributed by atoms with van der Waals surface area (Å²) >= 11 is 0. The van der Waals surface area contributed by atoms with Crippen molar-refractivity contribution in [3.63, 3.8) is 0 Å². The van der Waals surface area contributed by atoms with Crippen molar-refractivity contribution in [2.45, 2.75) is 16.4 Å². The van der Waals surface area contributed by atoms with Crippen LogP contribution in [0.3, 0.4) is 0 Å². The molecular weight excluding hydrogens is 246 g/mol. The SMILES string of the molecule is N#Cc1cccc(S(=O)c2cccc(CO)c2)c1. The molecule has 90 valence electrons. The van der Waals surface area contributed by atoms with Crippen molar-refractivity contribution in [1.29, 1.82) is 5.26 Å².